The first kappa shape index (κ1) is 14.5. The average Bonchev–Trinajstić information content (AvgIpc) is 2.44. The van der Waals surface area contributed by atoms with Crippen LogP contribution >= 0.6 is 0 Å². The number of fused-ring (bicyclic) bond motifs is 1. The van der Waals surface area contributed by atoms with Crippen LogP contribution in [0.2, 0.25) is 0 Å². The highest BCUT2D eigenvalue weighted by atomic mass is 16.5. The Morgan fingerprint density at radius 2 is 1.55 bits per heavy atom. The van der Waals surface area contributed by atoms with Gasteiger partial charge in [0.05, 0.1) is 26.7 Å². The Morgan fingerprint density at radius 1 is 0.950 bits per heavy atom. The van der Waals surface area contributed by atoms with Gasteiger partial charge in [-0.2, -0.15) is 0 Å². The molecule has 20 heavy (non-hydrogen) atoms. The zero-order valence-electron chi connectivity index (χ0n) is 11.9. The van der Waals surface area contributed by atoms with Gasteiger partial charge in [0.15, 0.2) is 0 Å². The minimum absolute atomic E-state index is 0.326. The summed E-state index contributed by atoms with van der Waals surface area (Å²) in [5.41, 5.74) is 1.03. The fourth-order valence-corrected chi connectivity index (χ4v) is 2.45. The van der Waals surface area contributed by atoms with Crippen molar-refractivity contribution in [3.05, 3.63) is 23.8 Å². The van der Waals surface area contributed by atoms with E-state index in [-0.39, 0.29) is 0 Å². The first-order chi connectivity index (χ1) is 9.54. The molecule has 0 bridgehead atoms. The molecular weight excluding hydrogens is 259 g/mol. The molecule has 0 heterocycles. The largest absolute Gasteiger partial charge is 0.496 e. The van der Waals surface area contributed by atoms with Crippen LogP contribution < -0.4 is 19.7 Å². The number of ether oxygens (including phenoxy) is 3. The van der Waals surface area contributed by atoms with E-state index in [1.54, 1.807) is 33.3 Å². The zero-order chi connectivity index (χ0) is 14.9. The van der Waals surface area contributed by atoms with Gasteiger partial charge in [0.2, 0.25) is 0 Å². The number of methoxy groups -OCH3 is 3. The molecule has 0 spiro atoms. The smallest absolute Gasteiger partial charge is 0.492 e. The molecule has 2 aromatic carbocycles. The van der Waals surface area contributed by atoms with Crippen LogP contribution in [0.4, 0.5) is 0 Å². The molecule has 106 valence electrons. The Morgan fingerprint density at radius 3 is 2.05 bits per heavy atom. The van der Waals surface area contributed by atoms with E-state index in [4.69, 9.17) is 14.2 Å². The molecule has 6 heteroatoms. The van der Waals surface area contributed by atoms with E-state index < -0.39 is 7.12 Å². The Kier molecular flexibility index (Phi) is 4.06. The first-order valence-corrected chi connectivity index (χ1v) is 6.13. The molecule has 0 aliphatic carbocycles. The SMILES string of the molecule is COc1ccc(OC)c2c(OC)c(B(O)O)c(C)cc12. The summed E-state index contributed by atoms with van der Waals surface area (Å²) in [6.45, 7) is 1.79. The molecule has 0 fully saturated rings. The van der Waals surface area contributed by atoms with Crippen LogP contribution in [0, 0.1) is 6.92 Å². The van der Waals surface area contributed by atoms with Gasteiger partial charge in [-0.15, -0.1) is 0 Å². The lowest BCUT2D eigenvalue weighted by molar-refractivity contribution is 0.396. The molecule has 0 unspecified atom stereocenters. The normalized spacial score (nSPS) is 10.5. The lowest BCUT2D eigenvalue weighted by Crippen LogP contribution is -2.33. The number of rotatable bonds is 4. The number of hydrogen-bond donors (Lipinski definition) is 2. The lowest BCUT2D eigenvalue weighted by atomic mass is 9.75. The zero-order valence-corrected chi connectivity index (χ0v) is 11.9. The molecule has 0 aliphatic heterocycles. The minimum atomic E-state index is -1.62. The molecule has 2 rings (SSSR count). The van der Waals surface area contributed by atoms with Gasteiger partial charge < -0.3 is 24.3 Å². The van der Waals surface area contributed by atoms with E-state index in [1.165, 1.54) is 7.11 Å². The van der Waals surface area contributed by atoms with Crippen molar-refractivity contribution in [2.45, 2.75) is 6.92 Å². The second kappa shape index (κ2) is 5.60. The van der Waals surface area contributed by atoms with Crippen LogP contribution in [-0.4, -0.2) is 38.5 Å². The second-order valence-electron chi connectivity index (χ2n) is 4.41. The van der Waals surface area contributed by atoms with Gasteiger partial charge in [-0.3, -0.25) is 0 Å². The summed E-state index contributed by atoms with van der Waals surface area (Å²) in [4.78, 5) is 0. The van der Waals surface area contributed by atoms with Crippen LogP contribution in [0.15, 0.2) is 18.2 Å². The highest BCUT2D eigenvalue weighted by Crippen LogP contribution is 2.39. The van der Waals surface area contributed by atoms with Gasteiger partial charge >= 0.3 is 7.12 Å². The molecular formula is C14H17BO5. The number of benzene rings is 2. The molecule has 0 saturated carbocycles. The predicted octanol–water partition coefficient (Wildman–Crippen LogP) is 0.854. The van der Waals surface area contributed by atoms with Crippen molar-refractivity contribution in [2.24, 2.45) is 0 Å². The molecule has 0 saturated heterocycles. The minimum Gasteiger partial charge on any atom is -0.496 e. The summed E-state index contributed by atoms with van der Waals surface area (Å²) in [6.07, 6.45) is 0. The maximum Gasteiger partial charge on any atom is 0.492 e. The quantitative estimate of drug-likeness (QED) is 0.810. The number of hydrogen-bond acceptors (Lipinski definition) is 5. The molecule has 0 amide bonds. The van der Waals surface area contributed by atoms with Crippen LogP contribution in [0.3, 0.4) is 0 Å². The van der Waals surface area contributed by atoms with Crippen molar-refractivity contribution >= 4 is 23.4 Å². The number of aryl methyl sites for hydroxylation is 1. The van der Waals surface area contributed by atoms with Gasteiger partial charge in [-0.05, 0) is 30.7 Å². The van der Waals surface area contributed by atoms with Gasteiger partial charge in [-0.25, -0.2) is 0 Å². The second-order valence-corrected chi connectivity index (χ2v) is 4.41. The van der Waals surface area contributed by atoms with Crippen molar-refractivity contribution in [3.8, 4) is 17.2 Å². The molecule has 0 aliphatic rings. The third-order valence-corrected chi connectivity index (χ3v) is 3.33. The Balaban J connectivity index is 2.98. The van der Waals surface area contributed by atoms with E-state index in [2.05, 4.69) is 0 Å². The standard InChI is InChI=1S/C14H17BO5/c1-8-7-9-10(18-2)5-6-11(19-3)12(9)14(20-4)13(8)15(16)17/h5-7,16-17H,1-4H3. The van der Waals surface area contributed by atoms with Gasteiger partial charge in [0, 0.05) is 10.8 Å². The highest BCUT2D eigenvalue weighted by molar-refractivity contribution is 6.61. The van der Waals surface area contributed by atoms with Gasteiger partial charge in [0.1, 0.15) is 17.2 Å². The van der Waals surface area contributed by atoms with E-state index in [1.807, 2.05) is 6.07 Å². The van der Waals surface area contributed by atoms with Crippen LogP contribution in [0.5, 0.6) is 17.2 Å². The van der Waals surface area contributed by atoms with E-state index in [0.717, 1.165) is 5.39 Å². The van der Waals surface area contributed by atoms with Crippen LogP contribution in [0.25, 0.3) is 10.8 Å². The Labute approximate surface area is 117 Å². The first-order valence-electron chi connectivity index (χ1n) is 6.13. The lowest BCUT2D eigenvalue weighted by Gasteiger charge is -2.18. The summed E-state index contributed by atoms with van der Waals surface area (Å²) in [6, 6.07) is 5.38. The monoisotopic (exact) mass is 276 g/mol. The molecule has 0 radical (unpaired) electrons. The van der Waals surface area contributed by atoms with Crippen molar-refractivity contribution in [3.63, 3.8) is 0 Å². The van der Waals surface area contributed by atoms with Crippen molar-refractivity contribution < 1.29 is 24.3 Å². The molecule has 5 nitrogen and oxygen atoms in total. The predicted molar refractivity (Wildman–Crippen MR) is 78.2 cm³/mol. The third kappa shape index (κ3) is 2.17. The summed E-state index contributed by atoms with van der Waals surface area (Å²) in [5, 5.41) is 20.6. The van der Waals surface area contributed by atoms with Crippen LogP contribution in [0.1, 0.15) is 5.56 Å². The topological polar surface area (TPSA) is 68.2 Å². The van der Waals surface area contributed by atoms with Crippen LogP contribution in [-0.2, 0) is 0 Å². The average molecular weight is 276 g/mol. The van der Waals surface area contributed by atoms with Crippen molar-refractivity contribution in [1.82, 2.24) is 0 Å². The molecule has 2 N–H and O–H groups in total. The Hall–Kier alpha value is -1.92. The summed E-state index contributed by atoms with van der Waals surface area (Å²) in [7, 11) is 3.00. The van der Waals surface area contributed by atoms with E-state index in [0.29, 0.717) is 33.7 Å². The summed E-state index contributed by atoms with van der Waals surface area (Å²) >= 11 is 0. The van der Waals surface area contributed by atoms with Gasteiger partial charge in [0.25, 0.3) is 0 Å². The maximum absolute atomic E-state index is 9.57. The highest BCUT2D eigenvalue weighted by Gasteiger charge is 2.25. The van der Waals surface area contributed by atoms with E-state index >= 15 is 0 Å². The van der Waals surface area contributed by atoms with Crippen molar-refractivity contribution in [1.29, 1.82) is 0 Å². The molecule has 2 aromatic rings. The van der Waals surface area contributed by atoms with E-state index in [9.17, 15) is 10.0 Å². The van der Waals surface area contributed by atoms with Crippen molar-refractivity contribution in [2.75, 3.05) is 21.3 Å². The molecule has 0 atom stereocenters. The Bertz CT molecular complexity index is 639. The van der Waals surface area contributed by atoms with Gasteiger partial charge in [-0.1, -0.05) is 0 Å². The maximum atomic E-state index is 9.57. The fraction of sp³-hybridized carbons (Fsp3) is 0.286. The third-order valence-electron chi connectivity index (χ3n) is 3.33. The summed E-state index contributed by atoms with van der Waals surface area (Å²) in [5.74, 6) is 1.63. The fourth-order valence-electron chi connectivity index (χ4n) is 2.45. The summed E-state index contributed by atoms with van der Waals surface area (Å²) < 4.78 is 16.1. The molecule has 0 aromatic heterocycles.